The van der Waals surface area contributed by atoms with Crippen LogP contribution in [0.3, 0.4) is 0 Å². The van der Waals surface area contributed by atoms with Crippen LogP contribution >= 0.6 is 0 Å². The SMILES string of the molecule is CCCC1NC(C)Cc2ccccc21. The standard InChI is InChI=1S/C13H19N/c1-3-6-13-12-8-5-4-7-11(12)9-10(2)14-13/h4-5,7-8,10,13-14H,3,6,9H2,1-2H3. The number of nitrogens with one attached hydrogen (secondary N) is 1. The molecule has 1 aromatic carbocycles. The van der Waals surface area contributed by atoms with Crippen molar-refractivity contribution in [2.45, 2.75) is 45.2 Å². The van der Waals surface area contributed by atoms with Crippen LogP contribution in [0, 0.1) is 0 Å². The topological polar surface area (TPSA) is 12.0 Å². The highest BCUT2D eigenvalue weighted by Crippen LogP contribution is 2.27. The number of fused-ring (bicyclic) bond motifs is 1. The first-order valence-corrected chi connectivity index (χ1v) is 5.65. The van der Waals surface area contributed by atoms with E-state index in [1.165, 1.54) is 30.4 Å². The van der Waals surface area contributed by atoms with Gasteiger partial charge in [-0.05, 0) is 30.9 Å². The molecule has 1 aliphatic rings. The molecule has 0 bridgehead atoms. The summed E-state index contributed by atoms with van der Waals surface area (Å²) >= 11 is 0. The molecule has 0 aliphatic carbocycles. The van der Waals surface area contributed by atoms with E-state index >= 15 is 0 Å². The van der Waals surface area contributed by atoms with E-state index in [0.717, 1.165) is 0 Å². The highest BCUT2D eigenvalue weighted by Gasteiger charge is 2.21. The third-order valence-corrected chi connectivity index (χ3v) is 3.02. The average molecular weight is 189 g/mol. The summed E-state index contributed by atoms with van der Waals surface area (Å²) in [5.41, 5.74) is 3.06. The summed E-state index contributed by atoms with van der Waals surface area (Å²) in [5, 5.41) is 3.67. The van der Waals surface area contributed by atoms with E-state index in [0.29, 0.717) is 12.1 Å². The molecule has 14 heavy (non-hydrogen) atoms. The van der Waals surface area contributed by atoms with Gasteiger partial charge in [0.1, 0.15) is 0 Å². The quantitative estimate of drug-likeness (QED) is 0.754. The minimum Gasteiger partial charge on any atom is -0.307 e. The van der Waals surface area contributed by atoms with Gasteiger partial charge in [0.2, 0.25) is 0 Å². The molecular weight excluding hydrogens is 170 g/mol. The van der Waals surface area contributed by atoms with Crippen molar-refractivity contribution in [3.8, 4) is 0 Å². The number of benzene rings is 1. The molecule has 1 aliphatic heterocycles. The highest BCUT2D eigenvalue weighted by atomic mass is 15.0. The van der Waals surface area contributed by atoms with Crippen LogP contribution in [0.15, 0.2) is 24.3 Å². The molecule has 0 amide bonds. The van der Waals surface area contributed by atoms with E-state index in [-0.39, 0.29) is 0 Å². The molecule has 0 aromatic heterocycles. The first-order chi connectivity index (χ1) is 6.81. The van der Waals surface area contributed by atoms with Crippen LogP contribution < -0.4 is 5.32 Å². The van der Waals surface area contributed by atoms with Crippen molar-refractivity contribution in [1.82, 2.24) is 5.32 Å². The van der Waals surface area contributed by atoms with Crippen LogP contribution in [0.25, 0.3) is 0 Å². The summed E-state index contributed by atoms with van der Waals surface area (Å²) in [6.45, 7) is 4.53. The Kier molecular flexibility index (Phi) is 2.87. The van der Waals surface area contributed by atoms with Gasteiger partial charge in [0.15, 0.2) is 0 Å². The molecule has 0 spiro atoms. The molecule has 2 atom stereocenters. The van der Waals surface area contributed by atoms with E-state index in [1.807, 2.05) is 0 Å². The van der Waals surface area contributed by atoms with Gasteiger partial charge in [-0.3, -0.25) is 0 Å². The fourth-order valence-corrected chi connectivity index (χ4v) is 2.41. The van der Waals surface area contributed by atoms with Crippen LogP contribution in [0.5, 0.6) is 0 Å². The lowest BCUT2D eigenvalue weighted by molar-refractivity contribution is 0.401. The van der Waals surface area contributed by atoms with E-state index < -0.39 is 0 Å². The first kappa shape index (κ1) is 9.72. The Hall–Kier alpha value is -0.820. The van der Waals surface area contributed by atoms with Gasteiger partial charge in [-0.15, -0.1) is 0 Å². The van der Waals surface area contributed by atoms with Crippen molar-refractivity contribution >= 4 is 0 Å². The van der Waals surface area contributed by atoms with Crippen LogP contribution in [0.4, 0.5) is 0 Å². The number of rotatable bonds is 2. The minimum atomic E-state index is 0.583. The molecule has 0 radical (unpaired) electrons. The molecule has 0 fully saturated rings. The van der Waals surface area contributed by atoms with Gasteiger partial charge in [-0.25, -0.2) is 0 Å². The maximum Gasteiger partial charge on any atom is 0.0325 e. The average Bonchev–Trinajstić information content (AvgIpc) is 2.18. The van der Waals surface area contributed by atoms with Crippen molar-refractivity contribution in [3.05, 3.63) is 35.4 Å². The zero-order valence-electron chi connectivity index (χ0n) is 9.09. The predicted molar refractivity (Wildman–Crippen MR) is 60.4 cm³/mol. The summed E-state index contributed by atoms with van der Waals surface area (Å²) < 4.78 is 0. The summed E-state index contributed by atoms with van der Waals surface area (Å²) in [5.74, 6) is 0. The number of hydrogen-bond acceptors (Lipinski definition) is 1. The lowest BCUT2D eigenvalue weighted by atomic mass is 9.89. The van der Waals surface area contributed by atoms with Crippen LogP contribution in [0.1, 0.15) is 43.9 Å². The largest absolute Gasteiger partial charge is 0.307 e. The summed E-state index contributed by atoms with van der Waals surface area (Å²) in [4.78, 5) is 0. The Morgan fingerprint density at radius 2 is 2.14 bits per heavy atom. The van der Waals surface area contributed by atoms with E-state index in [2.05, 4.69) is 43.4 Å². The van der Waals surface area contributed by atoms with Gasteiger partial charge in [-0.2, -0.15) is 0 Å². The Labute approximate surface area is 86.5 Å². The number of hydrogen-bond donors (Lipinski definition) is 1. The van der Waals surface area contributed by atoms with Crippen molar-refractivity contribution < 1.29 is 0 Å². The molecule has 0 saturated heterocycles. The third-order valence-electron chi connectivity index (χ3n) is 3.02. The molecule has 1 N–H and O–H groups in total. The van der Waals surface area contributed by atoms with Crippen LogP contribution in [-0.4, -0.2) is 6.04 Å². The Morgan fingerprint density at radius 1 is 1.36 bits per heavy atom. The van der Waals surface area contributed by atoms with Crippen LogP contribution in [-0.2, 0) is 6.42 Å². The summed E-state index contributed by atoms with van der Waals surface area (Å²) in [6.07, 6.45) is 3.68. The molecule has 1 nitrogen and oxygen atoms in total. The molecular formula is C13H19N. The Balaban J connectivity index is 2.28. The van der Waals surface area contributed by atoms with Crippen molar-refractivity contribution in [2.24, 2.45) is 0 Å². The van der Waals surface area contributed by atoms with Gasteiger partial charge in [0, 0.05) is 12.1 Å². The van der Waals surface area contributed by atoms with Crippen molar-refractivity contribution in [2.75, 3.05) is 0 Å². The summed E-state index contributed by atoms with van der Waals surface area (Å²) in [6, 6.07) is 10.1. The first-order valence-electron chi connectivity index (χ1n) is 5.65. The monoisotopic (exact) mass is 189 g/mol. The highest BCUT2D eigenvalue weighted by molar-refractivity contribution is 5.33. The van der Waals surface area contributed by atoms with Gasteiger partial charge < -0.3 is 5.32 Å². The molecule has 2 unspecified atom stereocenters. The molecule has 76 valence electrons. The Bertz CT molecular complexity index is 306. The summed E-state index contributed by atoms with van der Waals surface area (Å²) in [7, 11) is 0. The maximum atomic E-state index is 3.67. The minimum absolute atomic E-state index is 0.583. The second-order valence-corrected chi connectivity index (χ2v) is 4.31. The normalized spacial score (nSPS) is 25.9. The molecule has 1 aromatic rings. The van der Waals surface area contributed by atoms with Crippen molar-refractivity contribution in [3.63, 3.8) is 0 Å². The Morgan fingerprint density at radius 3 is 2.93 bits per heavy atom. The van der Waals surface area contributed by atoms with Gasteiger partial charge in [0.05, 0.1) is 0 Å². The molecule has 0 saturated carbocycles. The van der Waals surface area contributed by atoms with Gasteiger partial charge in [0.25, 0.3) is 0 Å². The fourth-order valence-electron chi connectivity index (χ4n) is 2.41. The van der Waals surface area contributed by atoms with Crippen molar-refractivity contribution in [1.29, 1.82) is 0 Å². The zero-order valence-corrected chi connectivity index (χ0v) is 9.09. The van der Waals surface area contributed by atoms with E-state index in [9.17, 15) is 0 Å². The lowest BCUT2D eigenvalue weighted by Gasteiger charge is -2.31. The molecule has 1 heteroatoms. The molecule has 2 rings (SSSR count). The predicted octanol–water partition coefficient (Wildman–Crippen LogP) is 3.06. The van der Waals surface area contributed by atoms with Gasteiger partial charge >= 0.3 is 0 Å². The zero-order chi connectivity index (χ0) is 9.97. The lowest BCUT2D eigenvalue weighted by Crippen LogP contribution is -2.37. The van der Waals surface area contributed by atoms with Gasteiger partial charge in [-0.1, -0.05) is 37.6 Å². The molecule has 1 heterocycles. The fraction of sp³-hybridized carbons (Fsp3) is 0.538. The van der Waals surface area contributed by atoms with E-state index in [4.69, 9.17) is 0 Å². The smallest absolute Gasteiger partial charge is 0.0325 e. The van der Waals surface area contributed by atoms with E-state index in [1.54, 1.807) is 0 Å². The third kappa shape index (κ3) is 1.83. The van der Waals surface area contributed by atoms with Crippen LogP contribution in [0.2, 0.25) is 0 Å². The maximum absolute atomic E-state index is 3.67. The second-order valence-electron chi connectivity index (χ2n) is 4.31. The second kappa shape index (κ2) is 4.14.